The minimum atomic E-state index is -1.07. The van der Waals surface area contributed by atoms with Crippen LogP contribution >= 0.6 is 21.1 Å². The van der Waals surface area contributed by atoms with E-state index in [9.17, 15) is 0 Å². The van der Waals surface area contributed by atoms with Crippen molar-refractivity contribution in [2.45, 2.75) is 23.7 Å². The first-order valence-corrected chi connectivity index (χ1v) is 17.2. The number of anilines is 1. The molecule has 1 aliphatic heterocycles. The molecule has 2 nitrogen and oxygen atoms in total. The topological polar surface area (TPSA) is 6.48 Å². The summed E-state index contributed by atoms with van der Waals surface area (Å²) in [6, 6.07) is 6.49. The van der Waals surface area contributed by atoms with Gasteiger partial charge in [-0.15, -0.1) is 0 Å². The Morgan fingerprint density at radius 1 is 1.19 bits per heavy atom. The second-order valence-corrected chi connectivity index (χ2v) is 16.5. The predicted octanol–water partition coefficient (Wildman–Crippen LogP) is 3.73. The van der Waals surface area contributed by atoms with Gasteiger partial charge in [-0.2, -0.15) is 0 Å². The van der Waals surface area contributed by atoms with Gasteiger partial charge in [0.25, 0.3) is 0 Å². The van der Waals surface area contributed by atoms with E-state index < -0.39 is 18.6 Å². The normalized spacial score (nSPS) is 14.3. The SMILES string of the molecule is Cc1cccc(N2CCN(C(=S)[S-])CC2)c1C.[CH3][Sn+]([CH3])[Cl]. The molecule has 1 aliphatic rings. The third-order valence-corrected chi connectivity index (χ3v) is 3.97. The van der Waals surface area contributed by atoms with E-state index in [4.69, 9.17) is 33.8 Å². The third kappa shape index (κ3) is 6.47. The summed E-state index contributed by atoms with van der Waals surface area (Å²) in [5.41, 5.74) is 4.07. The van der Waals surface area contributed by atoms with Crippen LogP contribution in [0.1, 0.15) is 11.1 Å². The molecule has 0 amide bonds. The Morgan fingerprint density at radius 2 is 1.71 bits per heavy atom. The van der Waals surface area contributed by atoms with E-state index in [0.717, 1.165) is 26.2 Å². The Morgan fingerprint density at radius 3 is 2.19 bits per heavy atom. The molecule has 0 aromatic heterocycles. The van der Waals surface area contributed by atoms with Gasteiger partial charge < -0.3 is 34.6 Å². The summed E-state index contributed by atoms with van der Waals surface area (Å²) in [6.45, 7) is 8.23. The van der Waals surface area contributed by atoms with Gasteiger partial charge in [-0.3, -0.25) is 0 Å². The number of aryl methyl sites for hydroxylation is 1. The van der Waals surface area contributed by atoms with Gasteiger partial charge in [-0.25, -0.2) is 0 Å². The monoisotopic (exact) mass is 450 g/mol. The van der Waals surface area contributed by atoms with Crippen molar-refractivity contribution in [2.24, 2.45) is 0 Å². The van der Waals surface area contributed by atoms with Crippen molar-refractivity contribution in [3.63, 3.8) is 0 Å². The number of hydrogen-bond donors (Lipinski definition) is 0. The molecule has 0 N–H and O–H groups in total. The van der Waals surface area contributed by atoms with Crippen molar-refractivity contribution in [1.29, 1.82) is 0 Å². The zero-order valence-electron chi connectivity index (χ0n) is 13.1. The maximum absolute atomic E-state index is 5.47. The van der Waals surface area contributed by atoms with Gasteiger partial charge in [-0.1, -0.05) is 16.5 Å². The second kappa shape index (κ2) is 9.38. The summed E-state index contributed by atoms with van der Waals surface area (Å²) in [7, 11) is 5.47. The fourth-order valence-corrected chi connectivity index (χ4v) is 2.57. The van der Waals surface area contributed by atoms with Gasteiger partial charge in [0.15, 0.2) is 0 Å². The van der Waals surface area contributed by atoms with E-state index in [2.05, 4.69) is 51.7 Å². The molecule has 116 valence electrons. The molecule has 0 saturated carbocycles. The van der Waals surface area contributed by atoms with Crippen LogP contribution < -0.4 is 4.90 Å². The molecular formula is C15H23ClN2S2Sn. The molecule has 0 unspecified atom stereocenters. The van der Waals surface area contributed by atoms with E-state index in [-0.39, 0.29) is 0 Å². The van der Waals surface area contributed by atoms with Gasteiger partial charge in [0.05, 0.1) is 0 Å². The van der Waals surface area contributed by atoms with E-state index in [1.807, 2.05) is 0 Å². The Hall–Kier alpha value is 0.219. The number of nitrogens with zero attached hydrogens (tertiary/aromatic N) is 2. The van der Waals surface area contributed by atoms with Gasteiger partial charge in [-0.05, 0) is 31.0 Å². The Balaban J connectivity index is 0.000000491. The summed E-state index contributed by atoms with van der Waals surface area (Å²) in [5.74, 6) is 0. The quantitative estimate of drug-likeness (QED) is 0.366. The molecule has 1 heterocycles. The first-order chi connectivity index (χ1) is 9.82. The number of thiocarbonyl (C=S) groups is 1. The van der Waals surface area contributed by atoms with Crippen LogP contribution in [0, 0.1) is 13.8 Å². The van der Waals surface area contributed by atoms with Crippen LogP contribution in [-0.2, 0) is 12.6 Å². The van der Waals surface area contributed by atoms with Crippen molar-refractivity contribution in [3.05, 3.63) is 29.3 Å². The molecule has 0 spiro atoms. The van der Waals surface area contributed by atoms with Crippen LogP contribution in [-0.4, -0.2) is 54.0 Å². The first-order valence-electron chi connectivity index (χ1n) is 7.05. The molecule has 0 aliphatic carbocycles. The fourth-order valence-electron chi connectivity index (χ4n) is 2.21. The summed E-state index contributed by atoms with van der Waals surface area (Å²) in [6.07, 6.45) is 0. The van der Waals surface area contributed by atoms with Gasteiger partial charge >= 0.3 is 37.4 Å². The molecule has 1 saturated heterocycles. The Bertz CT molecular complexity index is 472. The molecule has 0 atom stereocenters. The van der Waals surface area contributed by atoms with E-state index in [1.54, 1.807) is 0 Å². The minimum absolute atomic E-state index is 0.602. The summed E-state index contributed by atoms with van der Waals surface area (Å²) in [4.78, 5) is 8.78. The average Bonchev–Trinajstić information content (AvgIpc) is 2.41. The van der Waals surface area contributed by atoms with E-state index >= 15 is 0 Å². The predicted molar refractivity (Wildman–Crippen MR) is 103 cm³/mol. The van der Waals surface area contributed by atoms with Crippen LogP contribution in [0.2, 0.25) is 9.88 Å². The van der Waals surface area contributed by atoms with Crippen molar-refractivity contribution in [2.75, 3.05) is 31.1 Å². The second-order valence-electron chi connectivity index (χ2n) is 5.34. The molecule has 1 fully saturated rings. The third-order valence-electron chi connectivity index (χ3n) is 3.45. The van der Waals surface area contributed by atoms with Crippen molar-refractivity contribution >= 4 is 62.4 Å². The Labute approximate surface area is 150 Å². The molecule has 0 bridgehead atoms. The van der Waals surface area contributed by atoms with Crippen LogP contribution in [0.25, 0.3) is 0 Å². The summed E-state index contributed by atoms with van der Waals surface area (Å²) >= 11 is 9.01. The molecular weight excluding hydrogens is 426 g/mol. The number of hydrogen-bond acceptors (Lipinski definition) is 3. The zero-order chi connectivity index (χ0) is 16.0. The number of halogens is 1. The fraction of sp³-hybridized carbons (Fsp3) is 0.533. The maximum atomic E-state index is 5.47. The van der Waals surface area contributed by atoms with Gasteiger partial charge in [0, 0.05) is 31.9 Å². The number of benzene rings is 1. The van der Waals surface area contributed by atoms with Crippen molar-refractivity contribution in [3.8, 4) is 0 Å². The molecule has 1 aromatic rings. The van der Waals surface area contributed by atoms with Crippen LogP contribution in [0.3, 0.4) is 0 Å². The number of piperazine rings is 1. The van der Waals surface area contributed by atoms with Crippen molar-refractivity contribution in [1.82, 2.24) is 4.90 Å². The molecule has 21 heavy (non-hydrogen) atoms. The molecule has 1 aromatic carbocycles. The zero-order valence-corrected chi connectivity index (χ0v) is 18.4. The molecule has 0 radical (unpaired) electrons. The standard InChI is InChI=1S/C13H18N2S2.2CH3.ClH.Sn/c1-10-4-3-5-12(11(10)2)14-6-8-15(9-7-14)13(16)17;;;;/h3-5H,6-9H2,1-2H3,(H,16,17);2*1H3;1H;/q;;;;+2/p-2. The van der Waals surface area contributed by atoms with Crippen LogP contribution in [0.4, 0.5) is 5.69 Å². The first kappa shape index (κ1) is 19.3. The Kier molecular flexibility index (Phi) is 8.60. The van der Waals surface area contributed by atoms with Crippen LogP contribution in [0.5, 0.6) is 0 Å². The van der Waals surface area contributed by atoms with Crippen LogP contribution in [0.15, 0.2) is 18.2 Å². The molecule has 2 rings (SSSR count). The van der Waals surface area contributed by atoms with E-state index in [1.165, 1.54) is 16.8 Å². The van der Waals surface area contributed by atoms with Crippen molar-refractivity contribution < 1.29 is 0 Å². The number of rotatable bonds is 1. The summed E-state index contributed by atoms with van der Waals surface area (Å²) in [5, 5.41) is 0. The summed E-state index contributed by atoms with van der Waals surface area (Å²) < 4.78 is 0.602. The average molecular weight is 450 g/mol. The molecule has 6 heteroatoms. The van der Waals surface area contributed by atoms with E-state index in [0.29, 0.717) is 4.32 Å². The van der Waals surface area contributed by atoms with Gasteiger partial charge in [0.1, 0.15) is 0 Å². The van der Waals surface area contributed by atoms with Gasteiger partial charge in [0.2, 0.25) is 0 Å².